The molecule has 0 aliphatic heterocycles. The molecule has 0 radical (unpaired) electrons. The third-order valence-electron chi connectivity index (χ3n) is 2.26. The second-order valence-electron chi connectivity index (χ2n) is 3.64. The minimum Gasteiger partial charge on any atom is -0.207 e. The molecule has 0 aromatic heterocycles. The van der Waals surface area contributed by atoms with Crippen molar-refractivity contribution >= 4 is 27.5 Å². The van der Waals surface area contributed by atoms with Crippen LogP contribution in [0.5, 0.6) is 0 Å². The van der Waals surface area contributed by atoms with Crippen molar-refractivity contribution in [3.05, 3.63) is 34.1 Å². The Morgan fingerprint density at radius 3 is 2.50 bits per heavy atom. The summed E-state index contributed by atoms with van der Waals surface area (Å²) in [6, 6.07) is 4.94. The van der Waals surface area contributed by atoms with E-state index in [1.54, 1.807) is 6.07 Å². The van der Waals surface area contributed by atoms with Gasteiger partial charge in [0, 0.05) is 9.85 Å². The Bertz CT molecular complexity index is 292. The monoisotopic (exact) mass is 278 g/mol. The summed E-state index contributed by atoms with van der Waals surface area (Å²) in [5, 5.41) is 0.108. The molecule has 0 spiro atoms. The van der Waals surface area contributed by atoms with E-state index in [1.807, 2.05) is 13.0 Å². The van der Waals surface area contributed by atoms with Gasteiger partial charge in [-0.3, -0.25) is 0 Å². The Labute approximate surface area is 97.6 Å². The second-order valence-corrected chi connectivity index (χ2v) is 5.24. The molecule has 0 aliphatic rings. The molecule has 0 heterocycles. The molecule has 0 amide bonds. The summed E-state index contributed by atoms with van der Waals surface area (Å²) in [6.07, 6.45) is 0.807. The van der Waals surface area contributed by atoms with Gasteiger partial charge in [-0.25, -0.2) is 4.39 Å². The van der Waals surface area contributed by atoms with E-state index < -0.39 is 0 Å². The Hall–Kier alpha value is -0.0800. The van der Waals surface area contributed by atoms with Crippen LogP contribution in [0.4, 0.5) is 4.39 Å². The van der Waals surface area contributed by atoms with Crippen molar-refractivity contribution in [1.82, 2.24) is 0 Å². The number of alkyl halides is 1. The number of hydrogen-bond acceptors (Lipinski definition) is 0. The molecule has 2 atom stereocenters. The minimum atomic E-state index is -0.205. The van der Waals surface area contributed by atoms with Crippen molar-refractivity contribution in [3.63, 3.8) is 0 Å². The molecule has 0 bridgehead atoms. The van der Waals surface area contributed by atoms with Gasteiger partial charge in [-0.1, -0.05) is 22.9 Å². The van der Waals surface area contributed by atoms with Crippen molar-refractivity contribution in [2.45, 2.75) is 25.6 Å². The molecule has 1 aromatic rings. The summed E-state index contributed by atoms with van der Waals surface area (Å²) in [7, 11) is 0. The normalized spacial score (nSPS) is 15.2. The highest BCUT2D eigenvalue weighted by Gasteiger charge is 2.10. The van der Waals surface area contributed by atoms with Gasteiger partial charge in [0.1, 0.15) is 5.82 Å². The van der Waals surface area contributed by atoms with E-state index in [4.69, 9.17) is 11.6 Å². The molecule has 0 N–H and O–H groups in total. The Balaban J connectivity index is 2.76. The summed E-state index contributed by atoms with van der Waals surface area (Å²) >= 11 is 9.22. The lowest BCUT2D eigenvalue weighted by Crippen LogP contribution is -2.10. The average molecular weight is 280 g/mol. The first kappa shape index (κ1) is 12.0. The van der Waals surface area contributed by atoms with Crippen LogP contribution in [0.25, 0.3) is 0 Å². The van der Waals surface area contributed by atoms with Crippen LogP contribution in [0.2, 0.25) is 0 Å². The predicted octanol–water partition coefficient (Wildman–Crippen LogP) is 4.39. The molecule has 78 valence electrons. The van der Waals surface area contributed by atoms with Gasteiger partial charge in [0.25, 0.3) is 0 Å². The summed E-state index contributed by atoms with van der Waals surface area (Å²) in [6.45, 7) is 4.02. The van der Waals surface area contributed by atoms with Crippen molar-refractivity contribution in [2.75, 3.05) is 0 Å². The summed E-state index contributed by atoms with van der Waals surface area (Å²) < 4.78 is 13.8. The zero-order valence-electron chi connectivity index (χ0n) is 8.23. The van der Waals surface area contributed by atoms with Crippen LogP contribution >= 0.6 is 27.5 Å². The summed E-state index contributed by atoms with van der Waals surface area (Å²) in [5.74, 6) is 0.147. The van der Waals surface area contributed by atoms with Crippen LogP contribution in [0.3, 0.4) is 0 Å². The zero-order chi connectivity index (χ0) is 10.7. The van der Waals surface area contributed by atoms with E-state index in [0.717, 1.165) is 16.5 Å². The number of benzene rings is 1. The number of rotatable bonds is 3. The molecular weight excluding hydrogens is 266 g/mol. The number of halogens is 3. The molecule has 0 nitrogen and oxygen atoms in total. The lowest BCUT2D eigenvalue weighted by atomic mass is 9.98. The highest BCUT2D eigenvalue weighted by molar-refractivity contribution is 9.10. The highest BCUT2D eigenvalue weighted by atomic mass is 79.9. The van der Waals surface area contributed by atoms with Gasteiger partial charge < -0.3 is 0 Å². The summed E-state index contributed by atoms with van der Waals surface area (Å²) in [5.41, 5.74) is 0.983. The molecule has 0 saturated carbocycles. The Kier molecular flexibility index (Phi) is 4.39. The molecular formula is C11H13BrClF. The van der Waals surface area contributed by atoms with E-state index in [-0.39, 0.29) is 11.2 Å². The molecule has 14 heavy (non-hydrogen) atoms. The van der Waals surface area contributed by atoms with Crippen LogP contribution < -0.4 is 0 Å². The minimum absolute atomic E-state index is 0.108. The maximum Gasteiger partial charge on any atom is 0.124 e. The number of hydrogen-bond donors (Lipinski definition) is 0. The quantitative estimate of drug-likeness (QED) is 0.720. The van der Waals surface area contributed by atoms with Gasteiger partial charge in [-0.2, -0.15) is 0 Å². The molecule has 1 aromatic carbocycles. The first-order valence-corrected chi connectivity index (χ1v) is 5.81. The average Bonchev–Trinajstić information content (AvgIpc) is 2.01. The molecule has 2 unspecified atom stereocenters. The largest absolute Gasteiger partial charge is 0.207 e. The van der Waals surface area contributed by atoms with Crippen molar-refractivity contribution in [3.8, 4) is 0 Å². The van der Waals surface area contributed by atoms with Gasteiger partial charge in [-0.05, 0) is 43.0 Å². The third-order valence-corrected chi connectivity index (χ3v) is 3.15. The van der Waals surface area contributed by atoms with E-state index >= 15 is 0 Å². The molecule has 0 fully saturated rings. The molecule has 0 aliphatic carbocycles. The van der Waals surface area contributed by atoms with Crippen molar-refractivity contribution in [1.29, 1.82) is 0 Å². The van der Waals surface area contributed by atoms with E-state index in [2.05, 4.69) is 22.9 Å². The highest BCUT2D eigenvalue weighted by Crippen LogP contribution is 2.20. The lowest BCUT2D eigenvalue weighted by molar-refractivity contribution is 0.562. The Morgan fingerprint density at radius 2 is 2.00 bits per heavy atom. The van der Waals surface area contributed by atoms with Crippen LogP contribution in [-0.4, -0.2) is 5.38 Å². The van der Waals surface area contributed by atoms with Gasteiger partial charge in [0.05, 0.1) is 0 Å². The van der Waals surface area contributed by atoms with E-state index in [1.165, 1.54) is 6.07 Å². The van der Waals surface area contributed by atoms with Gasteiger partial charge in [0.2, 0.25) is 0 Å². The molecule has 1 rings (SSSR count). The van der Waals surface area contributed by atoms with Gasteiger partial charge in [-0.15, -0.1) is 11.6 Å². The third kappa shape index (κ3) is 3.58. The van der Waals surface area contributed by atoms with Crippen LogP contribution in [0.15, 0.2) is 22.7 Å². The predicted molar refractivity (Wildman–Crippen MR) is 62.3 cm³/mol. The first-order valence-electron chi connectivity index (χ1n) is 4.58. The molecule has 3 heteroatoms. The van der Waals surface area contributed by atoms with Gasteiger partial charge >= 0.3 is 0 Å². The van der Waals surface area contributed by atoms with Crippen LogP contribution in [-0.2, 0) is 6.42 Å². The summed E-state index contributed by atoms with van der Waals surface area (Å²) in [4.78, 5) is 0. The van der Waals surface area contributed by atoms with E-state index in [0.29, 0.717) is 5.92 Å². The van der Waals surface area contributed by atoms with Crippen LogP contribution in [0, 0.1) is 11.7 Å². The van der Waals surface area contributed by atoms with Gasteiger partial charge in [0.15, 0.2) is 0 Å². The topological polar surface area (TPSA) is 0 Å². The van der Waals surface area contributed by atoms with Crippen molar-refractivity contribution < 1.29 is 4.39 Å². The molecule has 0 saturated heterocycles. The zero-order valence-corrected chi connectivity index (χ0v) is 10.6. The van der Waals surface area contributed by atoms with Crippen molar-refractivity contribution in [2.24, 2.45) is 5.92 Å². The standard InChI is InChI=1S/C11H13BrClF/c1-7(8(2)13)3-9-4-10(12)6-11(14)5-9/h4-8H,3H2,1-2H3. The SMILES string of the molecule is CC(Cl)C(C)Cc1cc(F)cc(Br)c1. The van der Waals surface area contributed by atoms with Crippen LogP contribution in [0.1, 0.15) is 19.4 Å². The lowest BCUT2D eigenvalue weighted by Gasteiger charge is -2.13. The maximum atomic E-state index is 13.0. The first-order chi connectivity index (χ1) is 6.49. The smallest absolute Gasteiger partial charge is 0.124 e. The second kappa shape index (κ2) is 5.13. The fraction of sp³-hybridized carbons (Fsp3) is 0.455. The fourth-order valence-electron chi connectivity index (χ4n) is 1.26. The Morgan fingerprint density at radius 1 is 1.36 bits per heavy atom. The maximum absolute atomic E-state index is 13.0. The van der Waals surface area contributed by atoms with E-state index in [9.17, 15) is 4.39 Å². The fourth-order valence-corrected chi connectivity index (χ4v) is 1.86.